The lowest BCUT2D eigenvalue weighted by Crippen LogP contribution is -2.35. The third kappa shape index (κ3) is 5.79. The van der Waals surface area contributed by atoms with Gasteiger partial charge in [-0.15, -0.1) is 11.3 Å². The summed E-state index contributed by atoms with van der Waals surface area (Å²) >= 11 is 1.43. The van der Waals surface area contributed by atoms with E-state index < -0.39 is 11.6 Å². The number of hydrogen-bond donors (Lipinski definition) is 1. The second-order valence-electron chi connectivity index (χ2n) is 7.19. The number of carbonyl (C=O) groups is 2. The van der Waals surface area contributed by atoms with Crippen LogP contribution in [-0.2, 0) is 20.7 Å². The van der Waals surface area contributed by atoms with Crippen LogP contribution in [0.5, 0.6) is 11.5 Å². The van der Waals surface area contributed by atoms with Crippen molar-refractivity contribution < 1.29 is 19.1 Å². The minimum Gasteiger partial charge on any atom is -0.459 e. The summed E-state index contributed by atoms with van der Waals surface area (Å²) in [5, 5.41) is 3.24. The summed E-state index contributed by atoms with van der Waals surface area (Å²) in [7, 11) is 0. The molecule has 7 heteroatoms. The smallest absolute Gasteiger partial charge is 0.325 e. The Hall–Kier alpha value is -2.93. The summed E-state index contributed by atoms with van der Waals surface area (Å²) in [5.41, 5.74) is 0.231. The number of hydrogen-bond acceptors (Lipinski definition) is 6. The average Bonchev–Trinajstić information content (AvgIpc) is 3.01. The first kappa shape index (κ1) is 19.8. The second kappa shape index (κ2) is 8.39. The van der Waals surface area contributed by atoms with Crippen molar-refractivity contribution in [3.05, 3.63) is 53.5 Å². The van der Waals surface area contributed by atoms with Gasteiger partial charge in [-0.25, -0.2) is 4.98 Å². The lowest BCUT2D eigenvalue weighted by atomic mass is 10.2. The molecule has 0 aliphatic carbocycles. The van der Waals surface area contributed by atoms with Gasteiger partial charge in [0.15, 0.2) is 0 Å². The number of nitrogens with zero attached hydrogens (tertiary/aromatic N) is 1. The quantitative estimate of drug-likeness (QED) is 0.633. The van der Waals surface area contributed by atoms with Crippen LogP contribution < -0.4 is 10.1 Å². The zero-order valence-corrected chi connectivity index (χ0v) is 16.8. The number of thiazole rings is 1. The maximum Gasteiger partial charge on any atom is 0.325 e. The Bertz CT molecular complexity index is 977. The number of nitrogens with one attached hydrogen (secondary N) is 1. The van der Waals surface area contributed by atoms with Gasteiger partial charge in [-0.1, -0.05) is 18.2 Å². The Morgan fingerprint density at radius 1 is 1.07 bits per heavy atom. The first-order valence-electron chi connectivity index (χ1n) is 8.89. The molecular formula is C21H22N2O4S. The Morgan fingerprint density at radius 3 is 2.54 bits per heavy atom. The number of rotatable bonds is 6. The highest BCUT2D eigenvalue weighted by atomic mass is 32.1. The van der Waals surface area contributed by atoms with E-state index in [4.69, 9.17) is 9.47 Å². The fourth-order valence-electron chi connectivity index (χ4n) is 2.46. The van der Waals surface area contributed by atoms with Crippen molar-refractivity contribution in [3.8, 4) is 11.5 Å². The minimum absolute atomic E-state index is 0.108. The Kier molecular flexibility index (Phi) is 5.94. The van der Waals surface area contributed by atoms with Crippen LogP contribution in [0, 0.1) is 0 Å². The third-order valence-corrected chi connectivity index (χ3v) is 4.56. The molecule has 0 aliphatic rings. The van der Waals surface area contributed by atoms with Crippen LogP contribution in [0.25, 0.3) is 10.2 Å². The molecule has 0 aliphatic heterocycles. The van der Waals surface area contributed by atoms with Crippen molar-refractivity contribution in [2.75, 3.05) is 6.54 Å². The summed E-state index contributed by atoms with van der Waals surface area (Å²) in [4.78, 5) is 28.2. The number of esters is 1. The standard InChI is InChI=1S/C21H22N2O4S/c1-21(2,3)27-20(25)13-22-18(24)12-19-23-16-10-9-15(11-17(16)28-19)26-14-7-5-4-6-8-14/h4-11H,12-13H2,1-3H3,(H,22,24). The van der Waals surface area contributed by atoms with Crippen LogP contribution in [0.4, 0.5) is 0 Å². The molecule has 6 nitrogen and oxygen atoms in total. The number of benzene rings is 2. The average molecular weight is 398 g/mol. The van der Waals surface area contributed by atoms with Gasteiger partial charge in [0.25, 0.3) is 0 Å². The Balaban J connectivity index is 1.59. The Labute approximate surface area is 167 Å². The van der Waals surface area contributed by atoms with Gasteiger partial charge < -0.3 is 14.8 Å². The van der Waals surface area contributed by atoms with E-state index in [-0.39, 0.29) is 18.9 Å². The topological polar surface area (TPSA) is 77.5 Å². The molecule has 2 aromatic carbocycles. The molecule has 1 amide bonds. The molecule has 28 heavy (non-hydrogen) atoms. The molecule has 0 radical (unpaired) electrons. The van der Waals surface area contributed by atoms with Crippen LogP contribution in [0.3, 0.4) is 0 Å². The molecular weight excluding hydrogens is 376 g/mol. The summed E-state index contributed by atoms with van der Waals surface area (Å²) < 4.78 is 11.9. The van der Waals surface area contributed by atoms with Gasteiger partial charge in [-0.2, -0.15) is 0 Å². The van der Waals surface area contributed by atoms with Gasteiger partial charge in [0, 0.05) is 6.07 Å². The van der Waals surface area contributed by atoms with E-state index in [1.165, 1.54) is 11.3 Å². The molecule has 1 aromatic heterocycles. The van der Waals surface area contributed by atoms with Crippen LogP contribution in [0.1, 0.15) is 25.8 Å². The van der Waals surface area contributed by atoms with Gasteiger partial charge >= 0.3 is 5.97 Å². The van der Waals surface area contributed by atoms with Crippen molar-refractivity contribution >= 4 is 33.4 Å². The molecule has 0 saturated heterocycles. The monoisotopic (exact) mass is 398 g/mol. The highest BCUT2D eigenvalue weighted by Gasteiger charge is 2.17. The number of para-hydroxylation sites is 1. The maximum atomic E-state index is 12.1. The van der Waals surface area contributed by atoms with Crippen LogP contribution in [-0.4, -0.2) is 29.0 Å². The van der Waals surface area contributed by atoms with Gasteiger partial charge in [0.1, 0.15) is 28.7 Å². The van der Waals surface area contributed by atoms with Crippen molar-refractivity contribution in [1.29, 1.82) is 0 Å². The first-order chi connectivity index (χ1) is 13.3. The summed E-state index contributed by atoms with van der Waals surface area (Å²) in [5.74, 6) is 0.731. The molecule has 1 N–H and O–H groups in total. The predicted molar refractivity (Wildman–Crippen MR) is 109 cm³/mol. The number of ether oxygens (including phenoxy) is 2. The second-order valence-corrected chi connectivity index (χ2v) is 8.31. The number of amides is 1. The van der Waals surface area contributed by atoms with E-state index in [2.05, 4.69) is 10.3 Å². The molecule has 1 heterocycles. The van der Waals surface area contributed by atoms with E-state index in [9.17, 15) is 9.59 Å². The summed E-state index contributed by atoms with van der Waals surface area (Å²) in [6, 6.07) is 15.1. The number of carbonyl (C=O) groups excluding carboxylic acids is 2. The lowest BCUT2D eigenvalue weighted by Gasteiger charge is -2.19. The van der Waals surface area contributed by atoms with E-state index in [1.54, 1.807) is 20.8 Å². The molecule has 0 saturated carbocycles. The molecule has 0 atom stereocenters. The van der Waals surface area contributed by atoms with Crippen LogP contribution >= 0.6 is 11.3 Å². The maximum absolute atomic E-state index is 12.1. The van der Waals surface area contributed by atoms with Gasteiger partial charge in [-0.3, -0.25) is 9.59 Å². The molecule has 146 valence electrons. The lowest BCUT2D eigenvalue weighted by molar-refractivity contribution is -0.154. The molecule has 0 fully saturated rings. The van der Waals surface area contributed by atoms with Gasteiger partial charge in [-0.05, 0) is 45.0 Å². The van der Waals surface area contributed by atoms with E-state index in [0.717, 1.165) is 16.0 Å². The molecule has 0 bridgehead atoms. The van der Waals surface area contributed by atoms with Gasteiger partial charge in [0.2, 0.25) is 5.91 Å². The largest absolute Gasteiger partial charge is 0.459 e. The summed E-state index contributed by atoms with van der Waals surface area (Å²) in [6.45, 7) is 5.19. The molecule has 0 spiro atoms. The number of aromatic nitrogens is 1. The fourth-order valence-corrected chi connectivity index (χ4v) is 3.46. The van der Waals surface area contributed by atoms with E-state index >= 15 is 0 Å². The number of fused-ring (bicyclic) bond motifs is 1. The van der Waals surface area contributed by atoms with E-state index in [0.29, 0.717) is 10.8 Å². The first-order valence-corrected chi connectivity index (χ1v) is 9.71. The molecule has 3 rings (SSSR count). The van der Waals surface area contributed by atoms with Gasteiger partial charge in [0.05, 0.1) is 16.6 Å². The highest BCUT2D eigenvalue weighted by Crippen LogP contribution is 2.29. The van der Waals surface area contributed by atoms with Crippen LogP contribution in [0.15, 0.2) is 48.5 Å². The van der Waals surface area contributed by atoms with Crippen molar-refractivity contribution in [2.24, 2.45) is 0 Å². The SMILES string of the molecule is CC(C)(C)OC(=O)CNC(=O)Cc1nc2ccc(Oc3ccccc3)cc2s1. The normalized spacial score (nSPS) is 11.2. The van der Waals surface area contributed by atoms with Crippen molar-refractivity contribution in [2.45, 2.75) is 32.8 Å². The third-order valence-electron chi connectivity index (χ3n) is 3.54. The zero-order valence-electron chi connectivity index (χ0n) is 16.0. The molecule has 0 unspecified atom stereocenters. The van der Waals surface area contributed by atoms with E-state index in [1.807, 2.05) is 48.5 Å². The minimum atomic E-state index is -0.575. The highest BCUT2D eigenvalue weighted by molar-refractivity contribution is 7.18. The van der Waals surface area contributed by atoms with Crippen molar-refractivity contribution in [1.82, 2.24) is 10.3 Å². The summed E-state index contributed by atoms with van der Waals surface area (Å²) in [6.07, 6.45) is 0.108. The zero-order chi connectivity index (χ0) is 20.1. The molecule has 3 aromatic rings. The Morgan fingerprint density at radius 2 is 1.82 bits per heavy atom. The van der Waals surface area contributed by atoms with Crippen LogP contribution in [0.2, 0.25) is 0 Å². The fraction of sp³-hybridized carbons (Fsp3) is 0.286. The predicted octanol–water partition coefficient (Wildman–Crippen LogP) is 4.09. The van der Waals surface area contributed by atoms with Crippen molar-refractivity contribution in [3.63, 3.8) is 0 Å².